The number of halogens is 1. The van der Waals surface area contributed by atoms with Crippen LogP contribution in [0.4, 0.5) is 4.39 Å². The molecule has 0 saturated heterocycles. The van der Waals surface area contributed by atoms with Crippen LogP contribution in [0, 0.1) is 15.9 Å². The molecule has 0 amide bonds. The molecule has 1 aromatic heterocycles. The molecule has 0 N–H and O–H groups in total. The molecule has 0 unspecified atom stereocenters. The zero-order valence-corrected chi connectivity index (χ0v) is 9.48. The summed E-state index contributed by atoms with van der Waals surface area (Å²) in [5.74, 6) is -0.371. The summed E-state index contributed by atoms with van der Waals surface area (Å²) < 4.78 is 13.4. The van der Waals surface area contributed by atoms with Gasteiger partial charge in [-0.2, -0.15) is 0 Å². The van der Waals surface area contributed by atoms with Gasteiger partial charge in [0, 0.05) is 10.5 Å². The van der Waals surface area contributed by atoms with Gasteiger partial charge >= 0.3 is 0 Å². The van der Waals surface area contributed by atoms with Crippen molar-refractivity contribution in [3.8, 4) is 10.6 Å². The van der Waals surface area contributed by atoms with Crippen LogP contribution in [0.5, 0.6) is 0 Å². The SMILES string of the molecule is O=[N+]([O-])CCc1nnc(-c2ccccc2F)s1. The van der Waals surface area contributed by atoms with E-state index in [9.17, 15) is 14.5 Å². The summed E-state index contributed by atoms with van der Waals surface area (Å²) in [5, 5.41) is 18.8. The Kier molecular flexibility index (Phi) is 3.38. The average Bonchev–Trinajstić information content (AvgIpc) is 2.75. The number of aromatic nitrogens is 2. The molecule has 0 fully saturated rings. The molecule has 0 aliphatic heterocycles. The van der Waals surface area contributed by atoms with E-state index in [2.05, 4.69) is 10.2 Å². The first-order chi connectivity index (χ1) is 8.16. The summed E-state index contributed by atoms with van der Waals surface area (Å²) in [6.07, 6.45) is 0.221. The van der Waals surface area contributed by atoms with Crippen molar-refractivity contribution in [1.29, 1.82) is 0 Å². The molecule has 0 saturated carbocycles. The van der Waals surface area contributed by atoms with Crippen molar-refractivity contribution >= 4 is 11.3 Å². The molecule has 7 heteroatoms. The lowest BCUT2D eigenvalue weighted by molar-refractivity contribution is -0.479. The highest BCUT2D eigenvalue weighted by molar-refractivity contribution is 7.14. The fraction of sp³-hybridized carbons (Fsp3) is 0.200. The maximum Gasteiger partial charge on any atom is 0.210 e. The first-order valence-electron chi connectivity index (χ1n) is 4.86. The van der Waals surface area contributed by atoms with Gasteiger partial charge in [0.25, 0.3) is 0 Å². The molecular weight excluding hydrogens is 245 g/mol. The second kappa shape index (κ2) is 4.96. The predicted octanol–water partition coefficient (Wildman–Crippen LogP) is 2.16. The van der Waals surface area contributed by atoms with E-state index in [0.29, 0.717) is 15.6 Å². The Bertz CT molecular complexity index is 544. The number of hydrogen-bond donors (Lipinski definition) is 0. The maximum absolute atomic E-state index is 13.4. The Morgan fingerprint density at radius 2 is 2.12 bits per heavy atom. The lowest BCUT2D eigenvalue weighted by Crippen LogP contribution is -2.03. The highest BCUT2D eigenvalue weighted by Gasteiger charge is 2.11. The molecule has 1 heterocycles. The van der Waals surface area contributed by atoms with Crippen LogP contribution in [0.1, 0.15) is 5.01 Å². The Balaban J connectivity index is 2.18. The van der Waals surface area contributed by atoms with Crippen LogP contribution in [0.25, 0.3) is 10.6 Å². The standard InChI is InChI=1S/C10H8FN3O2S/c11-8-4-2-1-3-7(8)10-13-12-9(17-10)5-6-14(15)16/h1-4H,5-6H2. The van der Waals surface area contributed by atoms with Gasteiger partial charge in [0.1, 0.15) is 10.8 Å². The smallest absolute Gasteiger partial charge is 0.210 e. The second-order valence-corrected chi connectivity index (χ2v) is 4.35. The minimum atomic E-state index is -0.413. The summed E-state index contributed by atoms with van der Waals surface area (Å²) in [6.45, 7) is -0.189. The fourth-order valence-electron chi connectivity index (χ4n) is 1.29. The number of benzene rings is 1. The van der Waals surface area contributed by atoms with Gasteiger partial charge in [-0.25, -0.2) is 4.39 Å². The monoisotopic (exact) mass is 253 g/mol. The molecular formula is C10H8FN3O2S. The highest BCUT2D eigenvalue weighted by Crippen LogP contribution is 2.25. The van der Waals surface area contributed by atoms with Crippen LogP contribution in [0.2, 0.25) is 0 Å². The van der Waals surface area contributed by atoms with E-state index in [4.69, 9.17) is 0 Å². The van der Waals surface area contributed by atoms with Gasteiger partial charge in [0.2, 0.25) is 6.54 Å². The van der Waals surface area contributed by atoms with Gasteiger partial charge < -0.3 is 0 Å². The summed E-state index contributed by atoms with van der Waals surface area (Å²) >= 11 is 1.18. The molecule has 0 atom stereocenters. The van der Waals surface area contributed by atoms with E-state index < -0.39 is 4.92 Å². The number of rotatable bonds is 4. The summed E-state index contributed by atoms with van der Waals surface area (Å²) in [5.41, 5.74) is 0.373. The average molecular weight is 253 g/mol. The van der Waals surface area contributed by atoms with E-state index in [0.717, 1.165) is 0 Å². The van der Waals surface area contributed by atoms with Gasteiger partial charge in [-0.05, 0) is 12.1 Å². The highest BCUT2D eigenvalue weighted by atomic mass is 32.1. The van der Waals surface area contributed by atoms with Crippen LogP contribution in [-0.2, 0) is 6.42 Å². The lowest BCUT2D eigenvalue weighted by Gasteiger charge is -1.95. The molecule has 17 heavy (non-hydrogen) atoms. The van der Waals surface area contributed by atoms with Crippen LogP contribution in [0.3, 0.4) is 0 Å². The fourth-order valence-corrected chi connectivity index (χ4v) is 2.14. The quantitative estimate of drug-likeness (QED) is 0.618. The minimum absolute atomic E-state index is 0.189. The lowest BCUT2D eigenvalue weighted by atomic mass is 10.2. The van der Waals surface area contributed by atoms with E-state index in [1.807, 2.05) is 0 Å². The van der Waals surface area contributed by atoms with Gasteiger partial charge in [-0.3, -0.25) is 10.1 Å². The minimum Gasteiger partial charge on any atom is -0.265 e. The van der Waals surface area contributed by atoms with Crippen LogP contribution >= 0.6 is 11.3 Å². The Morgan fingerprint density at radius 3 is 2.82 bits per heavy atom. The van der Waals surface area contributed by atoms with E-state index >= 15 is 0 Å². The van der Waals surface area contributed by atoms with E-state index in [-0.39, 0.29) is 18.8 Å². The van der Waals surface area contributed by atoms with Crippen molar-refractivity contribution in [2.75, 3.05) is 6.54 Å². The Labute approximate surface area is 100 Å². The first kappa shape index (κ1) is 11.6. The van der Waals surface area contributed by atoms with E-state index in [1.165, 1.54) is 17.4 Å². The topological polar surface area (TPSA) is 68.9 Å². The summed E-state index contributed by atoms with van der Waals surface area (Å²) in [4.78, 5) is 9.79. The van der Waals surface area contributed by atoms with E-state index in [1.54, 1.807) is 18.2 Å². The van der Waals surface area contributed by atoms with Gasteiger partial charge in [0.15, 0.2) is 5.01 Å². The van der Waals surface area contributed by atoms with Gasteiger partial charge in [0.05, 0.1) is 6.42 Å². The molecule has 0 bridgehead atoms. The molecule has 0 aliphatic carbocycles. The molecule has 5 nitrogen and oxygen atoms in total. The predicted molar refractivity (Wildman–Crippen MR) is 60.9 cm³/mol. The maximum atomic E-state index is 13.4. The molecule has 0 aliphatic rings. The van der Waals surface area contributed by atoms with Gasteiger partial charge in [-0.1, -0.05) is 23.5 Å². The zero-order chi connectivity index (χ0) is 12.3. The molecule has 1 aromatic carbocycles. The van der Waals surface area contributed by atoms with Crippen molar-refractivity contribution in [1.82, 2.24) is 10.2 Å². The van der Waals surface area contributed by atoms with Crippen LogP contribution < -0.4 is 0 Å². The third-order valence-corrected chi connectivity index (χ3v) is 3.10. The summed E-state index contributed by atoms with van der Waals surface area (Å²) in [7, 11) is 0. The van der Waals surface area contributed by atoms with Crippen LogP contribution in [0.15, 0.2) is 24.3 Å². The second-order valence-electron chi connectivity index (χ2n) is 3.29. The largest absolute Gasteiger partial charge is 0.265 e. The van der Waals surface area contributed by atoms with Crippen molar-refractivity contribution in [3.63, 3.8) is 0 Å². The molecule has 0 spiro atoms. The third kappa shape index (κ3) is 2.82. The summed E-state index contributed by atoms with van der Waals surface area (Å²) in [6, 6.07) is 6.24. The molecule has 88 valence electrons. The van der Waals surface area contributed by atoms with Crippen molar-refractivity contribution in [3.05, 3.63) is 45.2 Å². The Morgan fingerprint density at radius 1 is 1.35 bits per heavy atom. The van der Waals surface area contributed by atoms with Crippen molar-refractivity contribution < 1.29 is 9.31 Å². The van der Waals surface area contributed by atoms with Crippen LogP contribution in [-0.4, -0.2) is 21.7 Å². The van der Waals surface area contributed by atoms with Gasteiger partial charge in [-0.15, -0.1) is 10.2 Å². The number of nitro groups is 1. The Hall–Kier alpha value is -1.89. The van der Waals surface area contributed by atoms with Crippen molar-refractivity contribution in [2.24, 2.45) is 0 Å². The number of nitrogens with zero attached hydrogens (tertiary/aromatic N) is 3. The normalized spacial score (nSPS) is 10.4. The van der Waals surface area contributed by atoms with Crippen molar-refractivity contribution in [2.45, 2.75) is 6.42 Å². The first-order valence-corrected chi connectivity index (χ1v) is 5.67. The molecule has 0 radical (unpaired) electrons. The zero-order valence-electron chi connectivity index (χ0n) is 8.67. The molecule has 2 rings (SSSR count). The third-order valence-electron chi connectivity index (χ3n) is 2.08. The molecule has 2 aromatic rings. The number of hydrogen-bond acceptors (Lipinski definition) is 5.